The molecule has 0 unspecified atom stereocenters. The molecule has 0 bridgehead atoms. The fraction of sp³-hybridized carbons (Fsp3) is 0.600. The molecular formula is C20H26O8. The highest BCUT2D eigenvalue weighted by Gasteiger charge is 2.60. The Kier molecular flexibility index (Phi) is 5.77. The van der Waals surface area contributed by atoms with Crippen LogP contribution in [0.4, 0.5) is 0 Å². The zero-order valence-corrected chi connectivity index (χ0v) is 16.4. The largest absolute Gasteiger partial charge is 0.465 e. The maximum absolute atomic E-state index is 12.8. The molecule has 1 aromatic carbocycles. The van der Waals surface area contributed by atoms with Crippen molar-refractivity contribution in [3.63, 3.8) is 0 Å². The van der Waals surface area contributed by atoms with Crippen molar-refractivity contribution in [1.82, 2.24) is 0 Å². The number of ether oxygens (including phenoxy) is 5. The number of aliphatic hydroxyl groups is 1. The van der Waals surface area contributed by atoms with E-state index in [1.807, 2.05) is 6.07 Å². The first-order chi connectivity index (χ1) is 13.3. The molecule has 8 nitrogen and oxygen atoms in total. The first-order valence-electron chi connectivity index (χ1n) is 9.17. The maximum Gasteiger partial charge on any atom is 0.338 e. The van der Waals surface area contributed by atoms with Crippen LogP contribution in [0.15, 0.2) is 30.3 Å². The van der Waals surface area contributed by atoms with Crippen LogP contribution >= 0.6 is 0 Å². The van der Waals surface area contributed by atoms with Crippen LogP contribution in [0.3, 0.4) is 0 Å². The summed E-state index contributed by atoms with van der Waals surface area (Å²) < 4.78 is 27.5. The Hall–Kier alpha value is -2.00. The molecule has 2 aliphatic rings. The quantitative estimate of drug-likeness (QED) is 0.751. The third kappa shape index (κ3) is 3.41. The van der Waals surface area contributed by atoms with Crippen molar-refractivity contribution in [2.45, 2.75) is 44.1 Å². The van der Waals surface area contributed by atoms with Gasteiger partial charge in [-0.15, -0.1) is 0 Å². The number of methoxy groups -OCH3 is 2. The molecule has 8 heteroatoms. The number of aliphatic hydroxyl groups excluding tert-OH is 1. The molecule has 2 fully saturated rings. The Balaban J connectivity index is 1.93. The topological polar surface area (TPSA) is 101 Å². The molecule has 3 rings (SSSR count). The van der Waals surface area contributed by atoms with E-state index in [0.29, 0.717) is 12.0 Å². The summed E-state index contributed by atoms with van der Waals surface area (Å²) in [7, 11) is 2.80. The summed E-state index contributed by atoms with van der Waals surface area (Å²) in [4.78, 5) is 25.3. The highest BCUT2D eigenvalue weighted by atomic mass is 16.8. The second-order valence-corrected chi connectivity index (χ2v) is 7.26. The molecule has 1 N–H and O–H groups in total. The summed E-state index contributed by atoms with van der Waals surface area (Å²) in [5.74, 6) is -5.75. The first kappa shape index (κ1) is 20.7. The Bertz CT molecular complexity index is 722. The van der Waals surface area contributed by atoms with Gasteiger partial charge in [-0.3, -0.25) is 4.79 Å². The molecule has 0 aliphatic carbocycles. The van der Waals surface area contributed by atoms with Gasteiger partial charge in [0.15, 0.2) is 6.10 Å². The summed E-state index contributed by atoms with van der Waals surface area (Å²) >= 11 is 0. The summed E-state index contributed by atoms with van der Waals surface area (Å²) in [6, 6.07) is 8.76. The fourth-order valence-electron chi connectivity index (χ4n) is 3.77. The van der Waals surface area contributed by atoms with Crippen molar-refractivity contribution in [3.8, 4) is 0 Å². The van der Waals surface area contributed by atoms with E-state index in [4.69, 9.17) is 23.7 Å². The summed E-state index contributed by atoms with van der Waals surface area (Å²) in [6.45, 7) is 3.26. The van der Waals surface area contributed by atoms with E-state index >= 15 is 0 Å². The average molecular weight is 394 g/mol. The van der Waals surface area contributed by atoms with Crippen LogP contribution in [0.25, 0.3) is 0 Å². The molecule has 28 heavy (non-hydrogen) atoms. The molecule has 2 saturated heterocycles. The Morgan fingerprint density at radius 2 is 1.71 bits per heavy atom. The van der Waals surface area contributed by atoms with Crippen LogP contribution < -0.4 is 0 Å². The molecule has 0 saturated carbocycles. The third-order valence-corrected chi connectivity index (χ3v) is 5.78. The van der Waals surface area contributed by atoms with Gasteiger partial charge in [0.2, 0.25) is 5.79 Å². The first-order valence-corrected chi connectivity index (χ1v) is 9.17. The summed E-state index contributed by atoms with van der Waals surface area (Å²) in [5, 5.41) is 10.9. The van der Waals surface area contributed by atoms with Crippen molar-refractivity contribution in [3.05, 3.63) is 35.9 Å². The van der Waals surface area contributed by atoms with E-state index in [9.17, 15) is 14.7 Å². The van der Waals surface area contributed by atoms with Crippen molar-refractivity contribution in [2.75, 3.05) is 20.8 Å². The number of rotatable bonds is 5. The average Bonchev–Trinajstić information content (AvgIpc) is 2.70. The third-order valence-electron chi connectivity index (χ3n) is 5.78. The number of carbonyl (C=O) groups excluding carboxylic acids is 2. The molecule has 0 radical (unpaired) electrons. The van der Waals surface area contributed by atoms with Gasteiger partial charge in [-0.1, -0.05) is 30.3 Å². The zero-order valence-electron chi connectivity index (χ0n) is 16.4. The second-order valence-electron chi connectivity index (χ2n) is 7.26. The van der Waals surface area contributed by atoms with Crippen LogP contribution in [-0.2, 0) is 33.3 Å². The Morgan fingerprint density at radius 3 is 2.32 bits per heavy atom. The molecule has 0 amide bonds. The molecular weight excluding hydrogens is 368 g/mol. The number of carbonyl (C=O) groups is 2. The van der Waals surface area contributed by atoms with Gasteiger partial charge in [0.05, 0.1) is 18.6 Å². The minimum absolute atomic E-state index is 0.125. The minimum atomic E-state index is -1.46. The van der Waals surface area contributed by atoms with Crippen LogP contribution in [-0.4, -0.2) is 55.5 Å². The minimum Gasteiger partial charge on any atom is -0.465 e. The zero-order chi connectivity index (χ0) is 20.5. The number of hydrogen-bond donors (Lipinski definition) is 1. The monoisotopic (exact) mass is 394 g/mol. The highest BCUT2D eigenvalue weighted by Crippen LogP contribution is 2.44. The Morgan fingerprint density at radius 1 is 1.07 bits per heavy atom. The number of esters is 2. The van der Waals surface area contributed by atoms with Gasteiger partial charge in [0.25, 0.3) is 5.79 Å². The van der Waals surface area contributed by atoms with Gasteiger partial charge in [-0.05, 0) is 18.9 Å². The van der Waals surface area contributed by atoms with Gasteiger partial charge in [0, 0.05) is 27.1 Å². The smallest absolute Gasteiger partial charge is 0.338 e. The molecule has 2 aliphatic heterocycles. The standard InChI is InChI=1S/C20H26O8/c1-19(24-3)20(2,25-4)28-18(23)16(27-19)13-10-11-26-17(22)14(13)15(21)12-8-6-5-7-9-12/h5-9,13-16,21H,10-11H2,1-4H3/t13-,14-,15+,16+,19-,20-/m0/s1. The lowest BCUT2D eigenvalue weighted by Gasteiger charge is -2.50. The van der Waals surface area contributed by atoms with Gasteiger partial charge >= 0.3 is 11.9 Å². The maximum atomic E-state index is 12.8. The van der Waals surface area contributed by atoms with E-state index in [1.54, 1.807) is 31.2 Å². The lowest BCUT2D eigenvalue weighted by molar-refractivity contribution is -0.410. The van der Waals surface area contributed by atoms with Crippen molar-refractivity contribution >= 4 is 11.9 Å². The summed E-state index contributed by atoms with van der Waals surface area (Å²) in [6.07, 6.45) is -1.94. The van der Waals surface area contributed by atoms with Crippen molar-refractivity contribution in [2.24, 2.45) is 11.8 Å². The van der Waals surface area contributed by atoms with Crippen LogP contribution in [0.1, 0.15) is 31.9 Å². The number of benzene rings is 1. The van der Waals surface area contributed by atoms with Crippen LogP contribution in [0.5, 0.6) is 0 Å². The SMILES string of the molecule is CO[C@@]1(C)OC(=O)[C@@H]([C@H]2CCOC(=O)[C@@H]2[C@H](O)c2ccccc2)O[C@]1(C)OC. The molecule has 0 spiro atoms. The van der Waals surface area contributed by atoms with Crippen LogP contribution in [0, 0.1) is 11.8 Å². The highest BCUT2D eigenvalue weighted by molar-refractivity contribution is 5.80. The van der Waals surface area contributed by atoms with Crippen molar-refractivity contribution < 1.29 is 38.4 Å². The van der Waals surface area contributed by atoms with E-state index < -0.39 is 47.6 Å². The predicted octanol–water partition coefficient (Wildman–Crippen LogP) is 1.57. The molecule has 0 aromatic heterocycles. The summed E-state index contributed by atoms with van der Waals surface area (Å²) in [5.41, 5.74) is 0.553. The lowest BCUT2D eigenvalue weighted by atomic mass is 9.77. The van der Waals surface area contributed by atoms with E-state index in [-0.39, 0.29) is 6.61 Å². The fourth-order valence-corrected chi connectivity index (χ4v) is 3.77. The van der Waals surface area contributed by atoms with E-state index in [0.717, 1.165) is 0 Å². The predicted molar refractivity (Wildman–Crippen MR) is 95.8 cm³/mol. The van der Waals surface area contributed by atoms with Gasteiger partial charge in [-0.2, -0.15) is 0 Å². The van der Waals surface area contributed by atoms with Gasteiger partial charge in [0.1, 0.15) is 0 Å². The molecule has 2 heterocycles. The second kappa shape index (κ2) is 7.79. The molecule has 1 aromatic rings. The van der Waals surface area contributed by atoms with E-state index in [1.165, 1.54) is 21.1 Å². The Labute approximate surface area is 163 Å². The van der Waals surface area contributed by atoms with Gasteiger partial charge in [-0.25, -0.2) is 4.79 Å². The van der Waals surface area contributed by atoms with E-state index in [2.05, 4.69) is 0 Å². The number of cyclic esters (lactones) is 2. The molecule has 6 atom stereocenters. The molecule has 154 valence electrons. The van der Waals surface area contributed by atoms with Crippen molar-refractivity contribution in [1.29, 1.82) is 0 Å². The number of hydrogen-bond acceptors (Lipinski definition) is 8. The normalized spacial score (nSPS) is 37.1. The van der Waals surface area contributed by atoms with Gasteiger partial charge < -0.3 is 28.8 Å². The van der Waals surface area contributed by atoms with Crippen LogP contribution in [0.2, 0.25) is 0 Å². The lowest BCUT2D eigenvalue weighted by Crippen LogP contribution is -2.66.